The Kier molecular flexibility index (Phi) is 9.22. The Bertz CT molecular complexity index is 598. The van der Waals surface area contributed by atoms with Gasteiger partial charge in [-0.25, -0.2) is 0 Å². The summed E-state index contributed by atoms with van der Waals surface area (Å²) in [6.45, 7) is 0. The average Bonchev–Trinajstić information content (AvgIpc) is 2.04. The average molecular weight is 355 g/mol. The standard InChI is InChI=1S/C6H4Cl2O6S2.2Na.2H/c7-3-1-4(15(9,10)11)6(8)5(2-3)16(12,13)14;;;;/h1-2H,(H,9,10,11)(H,12,13,14);;;;/q;2*+1;2*-1. The summed E-state index contributed by atoms with van der Waals surface area (Å²) in [6.07, 6.45) is 0. The van der Waals surface area contributed by atoms with Crippen molar-refractivity contribution >= 4 is 43.4 Å². The molecular formula is C6H6Cl2Na2O6S2. The molecule has 6 nitrogen and oxygen atoms in total. The fourth-order valence-corrected chi connectivity index (χ4v) is 3.25. The number of halogens is 2. The van der Waals surface area contributed by atoms with E-state index in [1.807, 2.05) is 0 Å². The summed E-state index contributed by atoms with van der Waals surface area (Å²) in [6, 6.07) is 1.52. The van der Waals surface area contributed by atoms with Gasteiger partial charge >= 0.3 is 59.1 Å². The van der Waals surface area contributed by atoms with E-state index in [4.69, 9.17) is 32.3 Å². The van der Waals surface area contributed by atoms with Crippen LogP contribution in [0.4, 0.5) is 0 Å². The van der Waals surface area contributed by atoms with Gasteiger partial charge in [0.25, 0.3) is 20.2 Å². The number of rotatable bonds is 2. The molecule has 18 heavy (non-hydrogen) atoms. The minimum absolute atomic E-state index is 0. The molecule has 0 aromatic heterocycles. The molecule has 0 aliphatic rings. The fraction of sp³-hybridized carbons (Fsp3) is 0. The number of hydrogen-bond donors (Lipinski definition) is 2. The number of benzene rings is 1. The van der Waals surface area contributed by atoms with Crippen molar-refractivity contribution in [2.45, 2.75) is 9.79 Å². The van der Waals surface area contributed by atoms with Crippen molar-refractivity contribution in [2.75, 3.05) is 0 Å². The molecule has 0 saturated heterocycles. The normalized spacial score (nSPS) is 11.3. The van der Waals surface area contributed by atoms with Crippen molar-refractivity contribution in [2.24, 2.45) is 0 Å². The van der Waals surface area contributed by atoms with Gasteiger partial charge in [0.1, 0.15) is 9.79 Å². The summed E-state index contributed by atoms with van der Waals surface area (Å²) in [5.74, 6) is 0. The van der Waals surface area contributed by atoms with Crippen LogP contribution in [0.5, 0.6) is 0 Å². The zero-order chi connectivity index (χ0) is 12.7. The van der Waals surface area contributed by atoms with Gasteiger partial charge in [-0.05, 0) is 12.1 Å². The van der Waals surface area contributed by atoms with E-state index in [1.54, 1.807) is 0 Å². The van der Waals surface area contributed by atoms with E-state index in [0.29, 0.717) is 0 Å². The van der Waals surface area contributed by atoms with Gasteiger partial charge in [0.2, 0.25) is 0 Å². The number of hydrogen-bond acceptors (Lipinski definition) is 4. The molecule has 1 aromatic carbocycles. The van der Waals surface area contributed by atoms with Crippen molar-refractivity contribution in [3.8, 4) is 0 Å². The Hall–Kier alpha value is 1.62. The summed E-state index contributed by atoms with van der Waals surface area (Å²) >= 11 is 10.8. The molecule has 0 aliphatic carbocycles. The van der Waals surface area contributed by atoms with Gasteiger partial charge < -0.3 is 2.85 Å². The largest absolute Gasteiger partial charge is 1.00 e. The maximum atomic E-state index is 10.8. The van der Waals surface area contributed by atoms with Crippen molar-refractivity contribution in [1.29, 1.82) is 0 Å². The molecule has 1 rings (SSSR count). The third-order valence-electron chi connectivity index (χ3n) is 1.53. The van der Waals surface area contributed by atoms with Crippen LogP contribution >= 0.6 is 23.2 Å². The van der Waals surface area contributed by atoms with Crippen LogP contribution in [-0.2, 0) is 20.2 Å². The summed E-state index contributed by atoms with van der Waals surface area (Å²) in [5.41, 5.74) is 0. The van der Waals surface area contributed by atoms with E-state index in [9.17, 15) is 16.8 Å². The molecule has 0 heterocycles. The molecule has 12 heteroatoms. The minimum Gasteiger partial charge on any atom is -1.00 e. The molecule has 0 spiro atoms. The third kappa shape index (κ3) is 5.55. The smallest absolute Gasteiger partial charge is 1.00 e. The molecule has 0 aliphatic heterocycles. The Balaban J connectivity index is -0.000000320. The molecule has 0 bridgehead atoms. The second kappa shape index (κ2) is 7.58. The van der Waals surface area contributed by atoms with Crippen LogP contribution in [0.15, 0.2) is 21.9 Å². The molecule has 0 radical (unpaired) electrons. The van der Waals surface area contributed by atoms with Gasteiger partial charge in [0.05, 0.1) is 5.02 Å². The predicted molar refractivity (Wildman–Crippen MR) is 58.3 cm³/mol. The third-order valence-corrected chi connectivity index (χ3v) is 4.13. The zero-order valence-electron chi connectivity index (χ0n) is 11.3. The topological polar surface area (TPSA) is 109 Å². The van der Waals surface area contributed by atoms with E-state index < -0.39 is 35.0 Å². The maximum absolute atomic E-state index is 10.8. The van der Waals surface area contributed by atoms with Gasteiger partial charge in [0, 0.05) is 5.02 Å². The zero-order valence-corrected chi connectivity index (χ0v) is 16.4. The van der Waals surface area contributed by atoms with Crippen molar-refractivity contribution in [1.82, 2.24) is 0 Å². The van der Waals surface area contributed by atoms with Crippen molar-refractivity contribution in [3.63, 3.8) is 0 Å². The van der Waals surface area contributed by atoms with Crippen LogP contribution in [0.3, 0.4) is 0 Å². The molecule has 0 amide bonds. The first-order valence-electron chi connectivity index (χ1n) is 3.47. The summed E-state index contributed by atoms with van der Waals surface area (Å²) in [7, 11) is -9.46. The first-order valence-corrected chi connectivity index (χ1v) is 7.11. The Morgan fingerprint density at radius 3 is 1.39 bits per heavy atom. The fourth-order valence-electron chi connectivity index (χ4n) is 0.916. The molecule has 94 valence electrons. The maximum Gasteiger partial charge on any atom is 1.00 e. The van der Waals surface area contributed by atoms with E-state index >= 15 is 0 Å². The Labute approximate surface area is 161 Å². The first-order chi connectivity index (χ1) is 7.03. The van der Waals surface area contributed by atoms with Crippen LogP contribution in [0.2, 0.25) is 10.0 Å². The Morgan fingerprint density at radius 2 is 1.17 bits per heavy atom. The molecule has 0 unspecified atom stereocenters. The molecule has 2 N–H and O–H groups in total. The minimum atomic E-state index is -4.73. The van der Waals surface area contributed by atoms with Crippen LogP contribution in [0.25, 0.3) is 0 Å². The van der Waals surface area contributed by atoms with Gasteiger partial charge in [-0.2, -0.15) is 16.8 Å². The molecule has 0 saturated carbocycles. The predicted octanol–water partition coefficient (Wildman–Crippen LogP) is -4.28. The Morgan fingerprint density at radius 1 is 0.889 bits per heavy atom. The quantitative estimate of drug-likeness (QED) is 0.411. The van der Waals surface area contributed by atoms with Gasteiger partial charge in [-0.3, -0.25) is 9.11 Å². The summed E-state index contributed by atoms with van der Waals surface area (Å²) in [5, 5.41) is -1.14. The van der Waals surface area contributed by atoms with Crippen molar-refractivity contribution < 1.29 is 87.9 Å². The van der Waals surface area contributed by atoms with Crippen LogP contribution < -0.4 is 59.1 Å². The first kappa shape index (κ1) is 21.9. The van der Waals surface area contributed by atoms with Crippen LogP contribution in [0.1, 0.15) is 2.85 Å². The van der Waals surface area contributed by atoms with Gasteiger partial charge in [-0.15, -0.1) is 0 Å². The second-order valence-electron chi connectivity index (χ2n) is 2.67. The second-order valence-corrected chi connectivity index (χ2v) is 6.26. The van der Waals surface area contributed by atoms with Crippen LogP contribution in [-0.4, -0.2) is 25.9 Å². The molecule has 0 fully saturated rings. The van der Waals surface area contributed by atoms with Crippen molar-refractivity contribution in [3.05, 3.63) is 22.2 Å². The van der Waals surface area contributed by atoms with E-state index in [-0.39, 0.29) is 67.0 Å². The molecule has 0 atom stereocenters. The van der Waals surface area contributed by atoms with Crippen LogP contribution in [0, 0.1) is 0 Å². The molecule has 1 aromatic rings. The summed E-state index contributed by atoms with van der Waals surface area (Å²) < 4.78 is 60.8. The van der Waals surface area contributed by atoms with E-state index in [0.717, 1.165) is 12.1 Å². The SMILES string of the molecule is O=S(=O)(O)c1cc(Cl)cc(S(=O)(=O)O)c1Cl.[H-].[H-].[Na+].[Na+]. The van der Waals surface area contributed by atoms with E-state index in [2.05, 4.69) is 0 Å². The van der Waals surface area contributed by atoms with Gasteiger partial charge in [0.15, 0.2) is 0 Å². The molecular weight excluding hydrogens is 349 g/mol. The summed E-state index contributed by atoms with van der Waals surface area (Å²) in [4.78, 5) is -1.79. The van der Waals surface area contributed by atoms with Gasteiger partial charge in [-0.1, -0.05) is 23.2 Å². The van der Waals surface area contributed by atoms with E-state index in [1.165, 1.54) is 0 Å². The monoisotopic (exact) mass is 354 g/mol.